The number of nitrogen functional groups attached to an aromatic ring is 1. The zero-order valence-electron chi connectivity index (χ0n) is 23.7. The summed E-state index contributed by atoms with van der Waals surface area (Å²) in [6.07, 6.45) is 5.09. The van der Waals surface area contributed by atoms with Crippen molar-refractivity contribution in [2.45, 2.75) is 31.4 Å². The molecule has 10 heteroatoms. The Morgan fingerprint density at radius 3 is 2.67 bits per heavy atom. The van der Waals surface area contributed by atoms with Crippen molar-refractivity contribution in [1.82, 2.24) is 29.4 Å². The molecule has 216 valence electrons. The Bertz CT molecular complexity index is 2000. The number of carbonyl (C=O) groups excluding carboxylic acids is 1. The lowest BCUT2D eigenvalue weighted by Crippen LogP contribution is -2.58. The third-order valence-corrected chi connectivity index (χ3v) is 8.67. The monoisotopic (exact) mass is 573 g/mol. The summed E-state index contributed by atoms with van der Waals surface area (Å²) in [6.45, 7) is 4.32. The van der Waals surface area contributed by atoms with Crippen molar-refractivity contribution in [3.05, 3.63) is 100 Å². The van der Waals surface area contributed by atoms with Crippen molar-refractivity contribution in [3.8, 4) is 17.5 Å². The van der Waals surface area contributed by atoms with Crippen LogP contribution in [-0.2, 0) is 0 Å². The molecule has 4 N–H and O–H groups in total. The van der Waals surface area contributed by atoms with Crippen molar-refractivity contribution in [2.24, 2.45) is 5.92 Å². The number of nitrogens with zero attached hydrogens (tertiary/aromatic N) is 5. The smallest absolute Gasteiger partial charge is 0.264 e. The molecule has 2 aromatic carbocycles. The summed E-state index contributed by atoms with van der Waals surface area (Å²) in [7, 11) is 0. The first kappa shape index (κ1) is 26.9. The van der Waals surface area contributed by atoms with E-state index in [1.807, 2.05) is 61.5 Å². The summed E-state index contributed by atoms with van der Waals surface area (Å²) in [4.78, 5) is 34.3. The molecule has 3 saturated heterocycles. The Labute approximate surface area is 247 Å². The number of piperidine rings is 3. The van der Waals surface area contributed by atoms with Crippen LogP contribution in [-0.4, -0.2) is 60.3 Å². The van der Waals surface area contributed by atoms with Gasteiger partial charge in [0.1, 0.15) is 11.2 Å². The van der Waals surface area contributed by atoms with E-state index in [1.165, 1.54) is 4.52 Å². The summed E-state index contributed by atoms with van der Waals surface area (Å²) in [5.74, 6) is 6.09. The van der Waals surface area contributed by atoms with Crippen LogP contribution < -0.4 is 16.6 Å². The molecule has 5 aromatic rings. The number of carbonyl (C=O) groups is 1. The number of para-hydroxylation sites is 1. The number of hydrogen-bond acceptors (Lipinski definition) is 7. The van der Waals surface area contributed by atoms with Gasteiger partial charge in [-0.2, -0.15) is 0 Å². The number of benzene rings is 2. The third kappa shape index (κ3) is 4.63. The minimum Gasteiger partial charge on any atom is -0.381 e. The highest BCUT2D eigenvalue weighted by atomic mass is 16.3. The Balaban J connectivity index is 1.32. The van der Waals surface area contributed by atoms with E-state index in [4.69, 9.17) is 5.73 Å². The van der Waals surface area contributed by atoms with Crippen LogP contribution in [0.4, 0.5) is 5.82 Å². The summed E-state index contributed by atoms with van der Waals surface area (Å²) < 4.78 is 3.07. The van der Waals surface area contributed by atoms with Gasteiger partial charge in [-0.05, 0) is 68.6 Å². The standard InChI is InChI=1S/C33H31N7O3/c1-21(36-31(41)28-29(34)37-39-16-6-15-35-30(28)39)26-19-23-8-5-7-22(11-14-33(43)20-38-17-12-24(33)13-18-38)27(23)32(42)40(26)25-9-3-2-4-10-25/h2-10,15-16,19,21,24,43H,12-13,17-18,20H2,1H3,(H2,34,37)(H,36,41)/t21-,33?/m1/s1. The van der Waals surface area contributed by atoms with Crippen molar-refractivity contribution >= 4 is 28.1 Å². The maximum atomic E-state index is 14.3. The average Bonchev–Trinajstić information content (AvgIpc) is 3.36. The Hall–Kier alpha value is -4.98. The quantitative estimate of drug-likeness (QED) is 0.282. The van der Waals surface area contributed by atoms with Gasteiger partial charge in [0.05, 0.1) is 11.4 Å². The molecule has 3 aliphatic rings. The van der Waals surface area contributed by atoms with Crippen LogP contribution in [0.25, 0.3) is 22.1 Å². The fourth-order valence-electron chi connectivity index (χ4n) is 6.47. The minimum absolute atomic E-state index is 0.0650. The van der Waals surface area contributed by atoms with Crippen LogP contribution in [0.1, 0.15) is 47.4 Å². The summed E-state index contributed by atoms with van der Waals surface area (Å²) in [5, 5.41) is 19.8. The molecule has 8 rings (SSSR count). The first-order valence-corrected chi connectivity index (χ1v) is 14.4. The molecule has 1 amide bonds. The lowest BCUT2D eigenvalue weighted by atomic mass is 9.75. The molecule has 43 heavy (non-hydrogen) atoms. The van der Waals surface area contributed by atoms with E-state index < -0.39 is 17.6 Å². The van der Waals surface area contributed by atoms with Crippen LogP contribution in [0, 0.1) is 17.8 Å². The largest absolute Gasteiger partial charge is 0.381 e. The molecular formula is C33H31N7O3. The van der Waals surface area contributed by atoms with Gasteiger partial charge < -0.3 is 16.2 Å². The van der Waals surface area contributed by atoms with Gasteiger partial charge in [0.25, 0.3) is 11.5 Å². The normalized spacial score (nSPS) is 21.8. The molecular weight excluding hydrogens is 542 g/mol. The molecule has 0 aliphatic carbocycles. The van der Waals surface area contributed by atoms with Gasteiger partial charge >= 0.3 is 0 Å². The molecule has 3 aromatic heterocycles. The van der Waals surface area contributed by atoms with E-state index in [-0.39, 0.29) is 22.9 Å². The van der Waals surface area contributed by atoms with E-state index in [2.05, 4.69) is 32.1 Å². The molecule has 0 spiro atoms. The van der Waals surface area contributed by atoms with E-state index in [9.17, 15) is 14.7 Å². The van der Waals surface area contributed by atoms with Gasteiger partial charge in [0.15, 0.2) is 11.5 Å². The lowest BCUT2D eigenvalue weighted by Gasteiger charge is -2.47. The highest BCUT2D eigenvalue weighted by Gasteiger charge is 2.44. The summed E-state index contributed by atoms with van der Waals surface area (Å²) in [6, 6.07) is 17.9. The third-order valence-electron chi connectivity index (χ3n) is 8.67. The molecule has 10 nitrogen and oxygen atoms in total. The Kier molecular flexibility index (Phi) is 6.49. The van der Waals surface area contributed by atoms with Gasteiger partial charge in [0.2, 0.25) is 0 Å². The molecule has 3 aliphatic heterocycles. The number of hydrogen-bond donors (Lipinski definition) is 3. The Morgan fingerprint density at radius 2 is 1.93 bits per heavy atom. The second kappa shape index (κ2) is 10.4. The first-order chi connectivity index (χ1) is 20.8. The van der Waals surface area contributed by atoms with Crippen LogP contribution >= 0.6 is 0 Å². The highest BCUT2D eigenvalue weighted by Crippen LogP contribution is 2.35. The number of rotatable bonds is 4. The van der Waals surface area contributed by atoms with E-state index in [1.54, 1.807) is 23.0 Å². The predicted molar refractivity (Wildman–Crippen MR) is 164 cm³/mol. The van der Waals surface area contributed by atoms with Crippen molar-refractivity contribution in [2.75, 3.05) is 25.4 Å². The predicted octanol–water partition coefficient (Wildman–Crippen LogP) is 2.91. The average molecular weight is 574 g/mol. The van der Waals surface area contributed by atoms with Crippen LogP contribution in [0.15, 0.2) is 77.9 Å². The molecule has 0 radical (unpaired) electrons. The van der Waals surface area contributed by atoms with Crippen LogP contribution in [0.5, 0.6) is 0 Å². The number of aromatic nitrogens is 4. The molecule has 1 unspecified atom stereocenters. The number of nitrogens with one attached hydrogen (secondary N) is 1. The van der Waals surface area contributed by atoms with Crippen LogP contribution in [0.2, 0.25) is 0 Å². The van der Waals surface area contributed by atoms with E-state index in [0.29, 0.717) is 39.9 Å². The number of nitrogens with two attached hydrogens (primary N) is 1. The minimum atomic E-state index is -1.09. The lowest BCUT2D eigenvalue weighted by molar-refractivity contribution is -0.0713. The van der Waals surface area contributed by atoms with Gasteiger partial charge in [-0.3, -0.25) is 19.1 Å². The summed E-state index contributed by atoms with van der Waals surface area (Å²) in [5.41, 5.74) is 7.06. The second-order valence-corrected chi connectivity index (χ2v) is 11.4. The highest BCUT2D eigenvalue weighted by molar-refractivity contribution is 6.04. The SMILES string of the molecule is C[C@@H](NC(=O)c1c(N)nn2cccnc12)c1cc2cccc(C#CC3(O)CN4CCC3CC4)c2c(=O)n1-c1ccccc1. The zero-order valence-corrected chi connectivity index (χ0v) is 23.7. The van der Waals surface area contributed by atoms with Gasteiger partial charge in [-0.1, -0.05) is 42.2 Å². The molecule has 6 heterocycles. The fourth-order valence-corrected chi connectivity index (χ4v) is 6.47. The number of aliphatic hydroxyl groups is 1. The number of anilines is 1. The van der Waals surface area contributed by atoms with E-state index in [0.717, 1.165) is 25.9 Å². The van der Waals surface area contributed by atoms with Gasteiger partial charge in [0, 0.05) is 41.8 Å². The maximum absolute atomic E-state index is 14.3. The molecule has 3 fully saturated rings. The number of amides is 1. The Morgan fingerprint density at radius 1 is 1.14 bits per heavy atom. The topological polar surface area (TPSA) is 131 Å². The van der Waals surface area contributed by atoms with Gasteiger partial charge in [-0.25, -0.2) is 9.50 Å². The second-order valence-electron chi connectivity index (χ2n) is 11.4. The maximum Gasteiger partial charge on any atom is 0.264 e. The molecule has 0 saturated carbocycles. The van der Waals surface area contributed by atoms with Crippen molar-refractivity contribution < 1.29 is 9.90 Å². The fraction of sp³-hybridized carbons (Fsp3) is 0.273. The van der Waals surface area contributed by atoms with Crippen LogP contribution in [0.3, 0.4) is 0 Å². The first-order valence-electron chi connectivity index (χ1n) is 14.4. The van der Waals surface area contributed by atoms with Crippen molar-refractivity contribution in [3.63, 3.8) is 0 Å². The zero-order chi connectivity index (χ0) is 29.7. The van der Waals surface area contributed by atoms with Crippen molar-refractivity contribution in [1.29, 1.82) is 0 Å². The number of pyridine rings is 1. The van der Waals surface area contributed by atoms with Gasteiger partial charge in [-0.15, -0.1) is 5.10 Å². The summed E-state index contributed by atoms with van der Waals surface area (Å²) >= 11 is 0. The number of fused-ring (bicyclic) bond motifs is 5. The molecule has 2 atom stereocenters. The van der Waals surface area contributed by atoms with E-state index >= 15 is 0 Å². The molecule has 2 bridgehead atoms.